The van der Waals surface area contributed by atoms with E-state index in [1.54, 1.807) is 6.92 Å². The third-order valence-corrected chi connectivity index (χ3v) is 5.99. The number of aromatic amines is 1. The maximum Gasteiger partial charge on any atom is 0.518 e. The fourth-order valence-corrected chi connectivity index (χ4v) is 4.67. The number of halogens is 1. The van der Waals surface area contributed by atoms with Gasteiger partial charge in [0.1, 0.15) is 6.04 Å². The van der Waals surface area contributed by atoms with Gasteiger partial charge in [-0.05, 0) is 19.4 Å². The van der Waals surface area contributed by atoms with Crippen LogP contribution in [-0.2, 0) is 14.2 Å². The molecule has 0 radical (unpaired) electrons. The molecular weight excluding hydrogens is 363 g/mol. The molecule has 3 heterocycles. The van der Waals surface area contributed by atoms with Gasteiger partial charge in [-0.1, -0.05) is 18.2 Å². The number of aromatic nitrogens is 1. The number of rotatable bonds is 5. The molecule has 7 heteroatoms. The first-order valence-corrected chi connectivity index (χ1v) is 10.1. The number of benzene rings is 1. The highest BCUT2D eigenvalue weighted by Gasteiger charge is 2.55. The molecule has 2 aliphatic rings. The Morgan fingerprint density at radius 1 is 1.29 bits per heavy atom. The van der Waals surface area contributed by atoms with Crippen molar-refractivity contribution in [2.75, 3.05) is 26.4 Å². The molecule has 2 aromatic rings. The number of H-pyrrole nitrogens is 1. The van der Waals surface area contributed by atoms with Crippen LogP contribution in [0.1, 0.15) is 44.2 Å². The van der Waals surface area contributed by atoms with E-state index in [9.17, 15) is 4.79 Å². The predicted molar refractivity (Wildman–Crippen MR) is 102 cm³/mol. The summed E-state index contributed by atoms with van der Waals surface area (Å²) in [6, 6.07) is 7.64. The van der Waals surface area contributed by atoms with E-state index < -0.39 is 12.4 Å². The lowest BCUT2D eigenvalue weighted by molar-refractivity contribution is -0.933. The van der Waals surface area contributed by atoms with Gasteiger partial charge >= 0.3 is 6.09 Å². The maximum absolute atomic E-state index is 15.6. The zero-order chi connectivity index (χ0) is 19.6. The molecule has 2 saturated heterocycles. The molecule has 1 aromatic heterocycles. The van der Waals surface area contributed by atoms with Crippen LogP contribution in [0.25, 0.3) is 10.9 Å². The van der Waals surface area contributed by atoms with Gasteiger partial charge in [0.15, 0.2) is 6.29 Å². The SMILES string of the molecule is CCOC(=O)[N+]1(CCC2OCCO2)C(F)CCCC1c1c[nH]c2ccccc12. The average molecular weight is 391 g/mol. The van der Waals surface area contributed by atoms with Gasteiger partial charge in [0.05, 0.1) is 26.4 Å². The Bertz CT molecular complexity index is 820. The normalized spacial score (nSPS) is 28.6. The third kappa shape index (κ3) is 3.32. The number of ether oxygens (including phenoxy) is 3. The minimum atomic E-state index is -1.31. The summed E-state index contributed by atoms with van der Waals surface area (Å²) < 4.78 is 31.7. The Morgan fingerprint density at radius 2 is 2.07 bits per heavy atom. The summed E-state index contributed by atoms with van der Waals surface area (Å²) in [6.45, 7) is 3.34. The number of fused-ring (bicyclic) bond motifs is 1. The van der Waals surface area contributed by atoms with Crippen LogP contribution in [0.3, 0.4) is 0 Å². The lowest BCUT2D eigenvalue weighted by Crippen LogP contribution is -2.62. The molecule has 0 bridgehead atoms. The van der Waals surface area contributed by atoms with Gasteiger partial charge in [-0.25, -0.2) is 0 Å². The van der Waals surface area contributed by atoms with E-state index in [0.29, 0.717) is 26.1 Å². The molecule has 1 aromatic carbocycles. The summed E-state index contributed by atoms with van der Waals surface area (Å²) in [5.74, 6) is 0. The highest BCUT2D eigenvalue weighted by Crippen LogP contribution is 2.45. The van der Waals surface area contributed by atoms with Crippen molar-refractivity contribution >= 4 is 17.0 Å². The molecule has 2 fully saturated rings. The number of amides is 1. The zero-order valence-electron chi connectivity index (χ0n) is 16.2. The summed E-state index contributed by atoms with van der Waals surface area (Å²) in [6.07, 6.45) is 2.00. The number of hydrogen-bond donors (Lipinski definition) is 1. The monoisotopic (exact) mass is 391 g/mol. The van der Waals surface area contributed by atoms with E-state index in [1.807, 2.05) is 30.5 Å². The van der Waals surface area contributed by atoms with Crippen molar-refractivity contribution in [2.45, 2.75) is 51.2 Å². The number of hydrogen-bond acceptors (Lipinski definition) is 4. The number of para-hydroxylation sites is 1. The summed E-state index contributed by atoms with van der Waals surface area (Å²) in [4.78, 5) is 16.5. The first-order chi connectivity index (χ1) is 13.7. The first-order valence-electron chi connectivity index (χ1n) is 10.1. The standard InChI is InChI=1S/C21H28FN2O4/c1-2-26-21(25)24(11-10-20-27-12-13-28-20)18(8-5-9-19(24)22)16-14-23-17-7-4-3-6-15(16)17/h3-4,6-7,14,18-20,23H,2,5,8-13H2,1H3/q+1. The molecule has 4 rings (SSSR count). The highest BCUT2D eigenvalue weighted by atomic mass is 19.1. The van der Waals surface area contributed by atoms with Crippen molar-refractivity contribution in [3.05, 3.63) is 36.0 Å². The second-order valence-electron chi connectivity index (χ2n) is 7.48. The lowest BCUT2D eigenvalue weighted by atomic mass is 9.91. The molecule has 1 N–H and O–H groups in total. The fraction of sp³-hybridized carbons (Fsp3) is 0.571. The number of carbonyl (C=O) groups is 1. The van der Waals surface area contributed by atoms with Gasteiger partial charge in [0, 0.05) is 41.9 Å². The molecule has 2 aliphatic heterocycles. The predicted octanol–water partition coefficient (Wildman–Crippen LogP) is 4.42. The fourth-order valence-electron chi connectivity index (χ4n) is 4.67. The van der Waals surface area contributed by atoms with Gasteiger partial charge in [0.25, 0.3) is 0 Å². The van der Waals surface area contributed by atoms with E-state index in [1.165, 1.54) is 0 Å². The topological polar surface area (TPSA) is 60.6 Å². The minimum Gasteiger partial charge on any atom is -0.420 e. The van der Waals surface area contributed by atoms with Crippen molar-refractivity contribution in [3.63, 3.8) is 0 Å². The van der Waals surface area contributed by atoms with Gasteiger partial charge < -0.3 is 19.2 Å². The number of piperidine rings is 1. The number of likely N-dealkylation sites (tertiary alicyclic amines) is 1. The van der Waals surface area contributed by atoms with Gasteiger partial charge in [-0.15, -0.1) is 0 Å². The molecule has 0 spiro atoms. The number of nitrogens with one attached hydrogen (secondary N) is 1. The first kappa shape index (κ1) is 19.4. The van der Waals surface area contributed by atoms with Crippen molar-refractivity contribution in [3.8, 4) is 0 Å². The van der Waals surface area contributed by atoms with E-state index in [2.05, 4.69) is 4.98 Å². The number of nitrogens with zero attached hydrogens (tertiary/aromatic N) is 1. The van der Waals surface area contributed by atoms with E-state index >= 15 is 4.39 Å². The van der Waals surface area contributed by atoms with Crippen LogP contribution in [0.5, 0.6) is 0 Å². The second kappa shape index (κ2) is 8.19. The van der Waals surface area contributed by atoms with Crippen LogP contribution in [0.15, 0.2) is 30.5 Å². The quantitative estimate of drug-likeness (QED) is 0.605. The molecule has 3 unspecified atom stereocenters. The van der Waals surface area contributed by atoms with Crippen LogP contribution >= 0.6 is 0 Å². The van der Waals surface area contributed by atoms with Crippen molar-refractivity contribution < 1.29 is 27.9 Å². The Hall–Kier alpha value is -1.96. The van der Waals surface area contributed by atoms with E-state index in [0.717, 1.165) is 29.3 Å². The number of alkyl halides is 1. The van der Waals surface area contributed by atoms with Crippen molar-refractivity contribution in [1.82, 2.24) is 4.98 Å². The largest absolute Gasteiger partial charge is 0.518 e. The average Bonchev–Trinajstić information content (AvgIpc) is 3.37. The van der Waals surface area contributed by atoms with E-state index in [4.69, 9.17) is 14.2 Å². The Kier molecular flexibility index (Phi) is 5.66. The van der Waals surface area contributed by atoms with Gasteiger partial charge in [-0.3, -0.25) is 0 Å². The van der Waals surface area contributed by atoms with Gasteiger partial charge in [0.2, 0.25) is 6.30 Å². The Balaban J connectivity index is 1.74. The van der Waals surface area contributed by atoms with Crippen LogP contribution in [0.2, 0.25) is 0 Å². The van der Waals surface area contributed by atoms with Crippen LogP contribution < -0.4 is 0 Å². The molecule has 0 saturated carbocycles. The van der Waals surface area contributed by atoms with Crippen LogP contribution in [0, 0.1) is 0 Å². The van der Waals surface area contributed by atoms with Crippen molar-refractivity contribution in [2.24, 2.45) is 0 Å². The number of quaternary nitrogens is 1. The van der Waals surface area contributed by atoms with Gasteiger partial charge in [-0.2, -0.15) is 13.7 Å². The maximum atomic E-state index is 15.6. The zero-order valence-corrected chi connectivity index (χ0v) is 16.2. The summed E-state index contributed by atoms with van der Waals surface area (Å²) >= 11 is 0. The van der Waals surface area contributed by atoms with Crippen LogP contribution in [0.4, 0.5) is 9.18 Å². The summed E-state index contributed by atoms with van der Waals surface area (Å²) in [5, 5.41) is 1.03. The second-order valence-corrected chi connectivity index (χ2v) is 7.48. The molecule has 1 amide bonds. The molecule has 28 heavy (non-hydrogen) atoms. The molecule has 6 nitrogen and oxygen atoms in total. The molecule has 3 atom stereocenters. The van der Waals surface area contributed by atoms with Crippen molar-refractivity contribution in [1.29, 1.82) is 0 Å². The van der Waals surface area contributed by atoms with Crippen LogP contribution in [-0.4, -0.2) is 54.5 Å². The highest BCUT2D eigenvalue weighted by molar-refractivity contribution is 5.83. The molecule has 152 valence electrons. The Labute approximate surface area is 164 Å². The molecular formula is C21H28FN2O4+. The Morgan fingerprint density at radius 3 is 2.86 bits per heavy atom. The summed E-state index contributed by atoms with van der Waals surface area (Å²) in [7, 11) is 0. The minimum absolute atomic E-state index is 0.225. The third-order valence-electron chi connectivity index (χ3n) is 5.99. The van der Waals surface area contributed by atoms with E-state index in [-0.39, 0.29) is 30.0 Å². The lowest BCUT2D eigenvalue weighted by Gasteiger charge is -2.46. The number of carbonyl (C=O) groups excluding carboxylic acids is 1. The summed E-state index contributed by atoms with van der Waals surface area (Å²) in [5.41, 5.74) is 1.96. The molecule has 0 aliphatic carbocycles. The smallest absolute Gasteiger partial charge is 0.420 e.